The molecule has 1 atom stereocenters. The molecule has 2 nitrogen and oxygen atoms in total. The number of nitrogens with zero attached hydrogens (tertiary/aromatic N) is 1. The fourth-order valence-corrected chi connectivity index (χ4v) is 2.13. The van der Waals surface area contributed by atoms with Gasteiger partial charge in [0.1, 0.15) is 5.75 Å². The number of ether oxygens (including phenoxy) is 1. The third-order valence-electron chi connectivity index (χ3n) is 3.25. The quantitative estimate of drug-likeness (QED) is 0.826. The Morgan fingerprint density at radius 1 is 1.11 bits per heavy atom. The van der Waals surface area contributed by atoms with E-state index in [2.05, 4.69) is 6.07 Å². The first-order chi connectivity index (χ1) is 9.24. The van der Waals surface area contributed by atoms with Crippen molar-refractivity contribution in [2.75, 3.05) is 7.11 Å². The summed E-state index contributed by atoms with van der Waals surface area (Å²) in [4.78, 5) is 0. The minimum absolute atomic E-state index is 0.142. The predicted molar refractivity (Wildman–Crippen MR) is 76.2 cm³/mol. The van der Waals surface area contributed by atoms with Crippen LogP contribution in [0.4, 0.5) is 0 Å². The van der Waals surface area contributed by atoms with Gasteiger partial charge in [-0.2, -0.15) is 5.26 Å². The summed E-state index contributed by atoms with van der Waals surface area (Å²) in [7, 11) is 1.66. The summed E-state index contributed by atoms with van der Waals surface area (Å²) in [5, 5.41) is 9.38. The highest BCUT2D eigenvalue weighted by Gasteiger charge is 2.13. The number of hydrogen-bond acceptors (Lipinski definition) is 2. The van der Waals surface area contributed by atoms with Gasteiger partial charge in [0.2, 0.25) is 0 Å². The van der Waals surface area contributed by atoms with E-state index < -0.39 is 0 Å². The van der Waals surface area contributed by atoms with E-state index in [1.165, 1.54) is 5.56 Å². The molecule has 0 aliphatic rings. The van der Waals surface area contributed by atoms with E-state index in [4.69, 9.17) is 4.74 Å². The molecule has 0 aliphatic heterocycles. The highest BCUT2D eigenvalue weighted by Crippen LogP contribution is 2.26. The average molecular weight is 251 g/mol. The van der Waals surface area contributed by atoms with Crippen molar-refractivity contribution in [2.45, 2.75) is 19.3 Å². The molecule has 0 radical (unpaired) electrons. The topological polar surface area (TPSA) is 33.0 Å². The second kappa shape index (κ2) is 6.06. The minimum atomic E-state index is -0.142. The highest BCUT2D eigenvalue weighted by atomic mass is 16.5. The van der Waals surface area contributed by atoms with E-state index in [-0.39, 0.29) is 5.92 Å². The molecular formula is C17H17NO. The first-order valence-electron chi connectivity index (χ1n) is 6.32. The molecule has 0 saturated heterocycles. The summed E-state index contributed by atoms with van der Waals surface area (Å²) in [5.74, 6) is 0.701. The molecule has 0 spiro atoms. The van der Waals surface area contributed by atoms with Crippen molar-refractivity contribution in [2.24, 2.45) is 0 Å². The summed E-state index contributed by atoms with van der Waals surface area (Å²) in [6.45, 7) is 2.05. The van der Waals surface area contributed by atoms with E-state index in [0.29, 0.717) is 6.42 Å². The second-order valence-corrected chi connectivity index (χ2v) is 4.61. The molecule has 2 aromatic rings. The maximum Gasteiger partial charge on any atom is 0.122 e. The van der Waals surface area contributed by atoms with E-state index in [1.54, 1.807) is 7.11 Å². The molecular weight excluding hydrogens is 234 g/mol. The third kappa shape index (κ3) is 3.14. The molecule has 96 valence electrons. The van der Waals surface area contributed by atoms with Crippen LogP contribution in [-0.2, 0) is 6.42 Å². The molecule has 0 aromatic heterocycles. The third-order valence-corrected chi connectivity index (χ3v) is 3.25. The van der Waals surface area contributed by atoms with Crippen LogP contribution in [0, 0.1) is 18.3 Å². The van der Waals surface area contributed by atoms with Crippen LogP contribution in [0.1, 0.15) is 22.6 Å². The molecule has 2 heteroatoms. The van der Waals surface area contributed by atoms with E-state index in [0.717, 1.165) is 16.9 Å². The zero-order chi connectivity index (χ0) is 13.7. The van der Waals surface area contributed by atoms with E-state index in [1.807, 2.05) is 55.5 Å². The van der Waals surface area contributed by atoms with Crippen LogP contribution in [0.2, 0.25) is 0 Å². The van der Waals surface area contributed by atoms with Crippen molar-refractivity contribution in [3.8, 4) is 11.8 Å². The Bertz CT molecular complexity index is 581. The van der Waals surface area contributed by atoms with Gasteiger partial charge in [0.15, 0.2) is 0 Å². The Morgan fingerprint density at radius 2 is 1.79 bits per heavy atom. The van der Waals surface area contributed by atoms with Crippen molar-refractivity contribution in [3.63, 3.8) is 0 Å². The first kappa shape index (κ1) is 13.2. The molecule has 0 saturated carbocycles. The Morgan fingerprint density at radius 3 is 2.42 bits per heavy atom. The van der Waals surface area contributed by atoms with Crippen molar-refractivity contribution in [1.82, 2.24) is 0 Å². The lowest BCUT2D eigenvalue weighted by atomic mass is 9.92. The molecule has 0 N–H and O–H groups in total. The van der Waals surface area contributed by atoms with Gasteiger partial charge in [-0.25, -0.2) is 0 Å². The van der Waals surface area contributed by atoms with Crippen LogP contribution in [-0.4, -0.2) is 7.11 Å². The van der Waals surface area contributed by atoms with Gasteiger partial charge in [-0.1, -0.05) is 48.0 Å². The number of benzene rings is 2. The number of rotatable bonds is 4. The smallest absolute Gasteiger partial charge is 0.122 e. The van der Waals surface area contributed by atoms with Crippen molar-refractivity contribution >= 4 is 0 Å². The van der Waals surface area contributed by atoms with E-state index >= 15 is 0 Å². The molecule has 0 amide bonds. The van der Waals surface area contributed by atoms with Gasteiger partial charge >= 0.3 is 0 Å². The lowest BCUT2D eigenvalue weighted by Gasteiger charge is -2.12. The summed E-state index contributed by atoms with van der Waals surface area (Å²) in [6.07, 6.45) is 0.670. The van der Waals surface area contributed by atoms with Gasteiger partial charge in [-0.15, -0.1) is 0 Å². The Balaban J connectivity index is 2.24. The molecule has 2 aromatic carbocycles. The standard InChI is InChI=1S/C17H17NO/c1-13-7-9-14(10-8-13)16(12-18)11-15-5-3-4-6-17(15)19-2/h3-10,16H,11H2,1-2H3. The van der Waals surface area contributed by atoms with Gasteiger partial charge < -0.3 is 4.74 Å². The Labute approximate surface area is 114 Å². The summed E-state index contributed by atoms with van der Waals surface area (Å²) in [5.41, 5.74) is 3.33. The zero-order valence-electron chi connectivity index (χ0n) is 11.3. The monoisotopic (exact) mass is 251 g/mol. The van der Waals surface area contributed by atoms with Gasteiger partial charge in [-0.3, -0.25) is 0 Å². The number of aryl methyl sites for hydroxylation is 1. The van der Waals surface area contributed by atoms with Crippen LogP contribution in [0.25, 0.3) is 0 Å². The van der Waals surface area contributed by atoms with Crippen LogP contribution in [0.15, 0.2) is 48.5 Å². The summed E-state index contributed by atoms with van der Waals surface area (Å²) < 4.78 is 5.34. The SMILES string of the molecule is COc1ccccc1CC(C#N)c1ccc(C)cc1. The lowest BCUT2D eigenvalue weighted by Crippen LogP contribution is -2.02. The molecule has 0 heterocycles. The molecule has 1 unspecified atom stereocenters. The molecule has 2 rings (SSSR count). The average Bonchev–Trinajstić information content (AvgIpc) is 2.46. The Kier molecular flexibility index (Phi) is 4.20. The molecule has 0 bridgehead atoms. The van der Waals surface area contributed by atoms with Gasteiger partial charge in [0.05, 0.1) is 19.1 Å². The summed E-state index contributed by atoms with van der Waals surface area (Å²) >= 11 is 0. The van der Waals surface area contributed by atoms with Crippen LogP contribution < -0.4 is 4.74 Å². The van der Waals surface area contributed by atoms with Crippen molar-refractivity contribution < 1.29 is 4.74 Å². The zero-order valence-corrected chi connectivity index (χ0v) is 11.3. The van der Waals surface area contributed by atoms with Crippen LogP contribution in [0.3, 0.4) is 0 Å². The fourth-order valence-electron chi connectivity index (χ4n) is 2.13. The maximum atomic E-state index is 9.38. The largest absolute Gasteiger partial charge is 0.496 e. The van der Waals surface area contributed by atoms with Gasteiger partial charge in [-0.05, 0) is 30.5 Å². The first-order valence-corrected chi connectivity index (χ1v) is 6.32. The number of para-hydroxylation sites is 1. The fraction of sp³-hybridized carbons (Fsp3) is 0.235. The van der Waals surface area contributed by atoms with Crippen molar-refractivity contribution in [3.05, 3.63) is 65.2 Å². The Hall–Kier alpha value is -2.27. The van der Waals surface area contributed by atoms with Crippen LogP contribution >= 0.6 is 0 Å². The second-order valence-electron chi connectivity index (χ2n) is 4.61. The van der Waals surface area contributed by atoms with Crippen LogP contribution in [0.5, 0.6) is 5.75 Å². The summed E-state index contributed by atoms with van der Waals surface area (Å²) in [6, 6.07) is 18.4. The number of methoxy groups -OCH3 is 1. The van der Waals surface area contributed by atoms with Gasteiger partial charge in [0.25, 0.3) is 0 Å². The predicted octanol–water partition coefficient (Wildman–Crippen LogP) is 3.85. The van der Waals surface area contributed by atoms with E-state index in [9.17, 15) is 5.26 Å². The normalized spacial score (nSPS) is 11.6. The van der Waals surface area contributed by atoms with Gasteiger partial charge in [0, 0.05) is 0 Å². The minimum Gasteiger partial charge on any atom is -0.496 e. The number of nitriles is 1. The molecule has 0 fully saturated rings. The highest BCUT2D eigenvalue weighted by molar-refractivity contribution is 5.37. The number of hydrogen-bond donors (Lipinski definition) is 0. The lowest BCUT2D eigenvalue weighted by molar-refractivity contribution is 0.409. The van der Waals surface area contributed by atoms with Crippen molar-refractivity contribution in [1.29, 1.82) is 5.26 Å². The maximum absolute atomic E-state index is 9.38. The molecule has 0 aliphatic carbocycles. The molecule has 19 heavy (non-hydrogen) atoms.